The molecule has 3 N–H and O–H groups in total. The highest BCUT2D eigenvalue weighted by atomic mass is 35.5. The summed E-state index contributed by atoms with van der Waals surface area (Å²) >= 11 is 5.94. The summed E-state index contributed by atoms with van der Waals surface area (Å²) in [5.74, 6) is -1.85. The summed E-state index contributed by atoms with van der Waals surface area (Å²) in [6.07, 6.45) is -1.33. The van der Waals surface area contributed by atoms with Crippen molar-refractivity contribution in [1.29, 1.82) is 0 Å². The molecule has 0 unspecified atom stereocenters. The van der Waals surface area contributed by atoms with Crippen LogP contribution in [0.15, 0.2) is 24.4 Å². The standard InChI is InChI=1S/C23H17ClF4N8O2S/c1-8-4-14(23(24,27)28)36-15(30-8)6-13(34-36)21(38)32-17-16-10(11-7-35(3)33-9(11)2)5-12(19(25)26)31-22(16)39-18(17)20(29)37/h4-7,19H,1-3H3,(H2,29,37)(H,32,38). The van der Waals surface area contributed by atoms with Gasteiger partial charge in [-0.05, 0) is 43.1 Å². The van der Waals surface area contributed by atoms with Gasteiger partial charge in [0.25, 0.3) is 18.2 Å². The quantitative estimate of drug-likeness (QED) is 0.216. The van der Waals surface area contributed by atoms with E-state index in [0.29, 0.717) is 11.3 Å². The van der Waals surface area contributed by atoms with Crippen LogP contribution in [-0.2, 0) is 12.4 Å². The lowest BCUT2D eigenvalue weighted by molar-refractivity contribution is 0.0867. The minimum Gasteiger partial charge on any atom is -0.365 e. The number of alkyl halides is 5. The van der Waals surface area contributed by atoms with Crippen LogP contribution < -0.4 is 11.1 Å². The number of thiophene rings is 1. The Morgan fingerprint density at radius 3 is 2.44 bits per heavy atom. The van der Waals surface area contributed by atoms with Crippen LogP contribution >= 0.6 is 22.9 Å². The van der Waals surface area contributed by atoms with Gasteiger partial charge in [-0.25, -0.2) is 23.3 Å². The molecule has 5 heterocycles. The molecule has 0 aromatic carbocycles. The molecule has 0 aliphatic heterocycles. The molecule has 16 heteroatoms. The maximum Gasteiger partial charge on any atom is 0.364 e. The predicted octanol–water partition coefficient (Wildman–Crippen LogP) is 4.93. The largest absolute Gasteiger partial charge is 0.365 e. The molecular weight excluding hydrogens is 564 g/mol. The summed E-state index contributed by atoms with van der Waals surface area (Å²) in [6.45, 7) is 3.14. The van der Waals surface area contributed by atoms with Crippen molar-refractivity contribution in [2.75, 3.05) is 5.32 Å². The Balaban J connectivity index is 1.70. The summed E-state index contributed by atoms with van der Waals surface area (Å²) < 4.78 is 57.6. The van der Waals surface area contributed by atoms with Gasteiger partial charge in [-0.1, -0.05) is 0 Å². The van der Waals surface area contributed by atoms with E-state index in [4.69, 9.17) is 17.3 Å². The Morgan fingerprint density at radius 1 is 1.13 bits per heavy atom. The zero-order valence-electron chi connectivity index (χ0n) is 20.3. The summed E-state index contributed by atoms with van der Waals surface area (Å²) in [6, 6.07) is 3.34. The molecule has 0 spiro atoms. The Labute approximate surface area is 225 Å². The van der Waals surface area contributed by atoms with Crippen LogP contribution in [0.2, 0.25) is 0 Å². The molecule has 5 aromatic heterocycles. The predicted molar refractivity (Wildman–Crippen MR) is 135 cm³/mol. The van der Waals surface area contributed by atoms with Gasteiger partial charge in [0.1, 0.15) is 21.1 Å². The second-order valence-electron chi connectivity index (χ2n) is 8.58. The number of primary amides is 1. The van der Waals surface area contributed by atoms with Crippen LogP contribution in [0.3, 0.4) is 0 Å². The van der Waals surface area contributed by atoms with Crippen LogP contribution in [0.5, 0.6) is 0 Å². The third kappa shape index (κ3) is 4.67. The zero-order valence-corrected chi connectivity index (χ0v) is 21.8. The summed E-state index contributed by atoms with van der Waals surface area (Å²) in [4.78, 5) is 33.6. The smallest absolute Gasteiger partial charge is 0.364 e. The van der Waals surface area contributed by atoms with Crippen molar-refractivity contribution in [2.45, 2.75) is 25.7 Å². The summed E-state index contributed by atoms with van der Waals surface area (Å²) in [7, 11) is 1.64. The van der Waals surface area contributed by atoms with Crippen molar-refractivity contribution in [2.24, 2.45) is 12.8 Å². The van der Waals surface area contributed by atoms with E-state index in [-0.39, 0.29) is 43.4 Å². The second kappa shape index (κ2) is 9.27. The molecule has 10 nitrogen and oxygen atoms in total. The first-order valence-corrected chi connectivity index (χ1v) is 12.3. The van der Waals surface area contributed by atoms with Crippen molar-refractivity contribution in [3.8, 4) is 11.1 Å². The number of hydrogen-bond acceptors (Lipinski definition) is 7. The number of nitrogens with one attached hydrogen (secondary N) is 1. The molecule has 0 fully saturated rings. The number of aryl methyl sites for hydroxylation is 3. The SMILES string of the molecule is Cc1cc(C(F)(F)Cl)n2nc(C(=O)Nc3c(C(N)=O)sc4nc(C(F)F)cc(-c5cn(C)nc5C)c34)cc2n1. The van der Waals surface area contributed by atoms with Crippen LogP contribution in [0.4, 0.5) is 23.2 Å². The van der Waals surface area contributed by atoms with Crippen molar-refractivity contribution in [3.05, 3.63) is 57.7 Å². The molecule has 5 rings (SSSR count). The van der Waals surface area contributed by atoms with Gasteiger partial charge in [-0.3, -0.25) is 14.3 Å². The van der Waals surface area contributed by atoms with Gasteiger partial charge in [0.05, 0.1) is 11.4 Å². The molecule has 0 atom stereocenters. The number of hydrogen-bond donors (Lipinski definition) is 2. The number of nitrogens with zero attached hydrogens (tertiary/aromatic N) is 6. The molecule has 39 heavy (non-hydrogen) atoms. The molecule has 0 radical (unpaired) electrons. The van der Waals surface area contributed by atoms with Gasteiger partial charge in [-0.2, -0.15) is 19.0 Å². The van der Waals surface area contributed by atoms with E-state index in [9.17, 15) is 27.2 Å². The van der Waals surface area contributed by atoms with Crippen LogP contribution in [0, 0.1) is 13.8 Å². The average molecular weight is 581 g/mol. The van der Waals surface area contributed by atoms with Crippen LogP contribution in [-0.4, -0.2) is 41.2 Å². The number of pyridine rings is 1. The molecule has 0 aliphatic rings. The van der Waals surface area contributed by atoms with Crippen molar-refractivity contribution in [1.82, 2.24) is 29.4 Å². The Morgan fingerprint density at radius 2 is 1.85 bits per heavy atom. The summed E-state index contributed by atoms with van der Waals surface area (Å²) in [5, 5.41) is 7.09. The molecular formula is C23H17ClF4N8O2S. The van der Waals surface area contributed by atoms with Gasteiger partial charge in [-0.15, -0.1) is 11.3 Å². The first-order valence-electron chi connectivity index (χ1n) is 11.1. The van der Waals surface area contributed by atoms with E-state index in [1.54, 1.807) is 20.2 Å². The van der Waals surface area contributed by atoms with Crippen molar-refractivity contribution < 1.29 is 27.2 Å². The van der Waals surface area contributed by atoms with Gasteiger partial charge in [0.15, 0.2) is 11.3 Å². The highest BCUT2D eigenvalue weighted by molar-refractivity contribution is 7.21. The molecule has 2 amide bonds. The molecule has 202 valence electrons. The van der Waals surface area contributed by atoms with E-state index >= 15 is 0 Å². The Hall–Kier alpha value is -4.11. The third-order valence-electron chi connectivity index (χ3n) is 5.75. The van der Waals surface area contributed by atoms with Gasteiger partial charge in [0.2, 0.25) is 0 Å². The lowest BCUT2D eigenvalue weighted by Gasteiger charge is -2.10. The van der Waals surface area contributed by atoms with E-state index in [2.05, 4.69) is 25.5 Å². The molecule has 5 aromatic rings. The average Bonchev–Trinajstić information content (AvgIpc) is 3.51. The first kappa shape index (κ1) is 26.5. The van der Waals surface area contributed by atoms with E-state index in [1.807, 2.05) is 0 Å². The highest BCUT2D eigenvalue weighted by Crippen LogP contribution is 2.43. The summed E-state index contributed by atoms with van der Waals surface area (Å²) in [5.41, 5.74) is 5.19. The number of nitrogens with two attached hydrogens (primary N) is 1. The topological polar surface area (TPSA) is 133 Å². The molecule has 0 saturated heterocycles. The second-order valence-corrected chi connectivity index (χ2v) is 10.1. The van der Waals surface area contributed by atoms with E-state index < -0.39 is 35.0 Å². The van der Waals surface area contributed by atoms with E-state index in [1.165, 1.54) is 11.6 Å². The number of fused-ring (bicyclic) bond motifs is 2. The van der Waals surface area contributed by atoms with Crippen LogP contribution in [0.25, 0.3) is 27.0 Å². The number of anilines is 1. The maximum absolute atomic E-state index is 14.0. The number of rotatable bonds is 6. The molecule has 0 saturated carbocycles. The first-order chi connectivity index (χ1) is 18.2. The fourth-order valence-electron chi connectivity index (χ4n) is 4.19. The van der Waals surface area contributed by atoms with Gasteiger partial charge >= 0.3 is 5.38 Å². The maximum atomic E-state index is 14.0. The lowest BCUT2D eigenvalue weighted by atomic mass is 10.0. The fourth-order valence-corrected chi connectivity index (χ4v) is 5.34. The number of aromatic nitrogens is 6. The molecule has 0 aliphatic carbocycles. The third-order valence-corrected chi connectivity index (χ3v) is 7.04. The number of carbonyl (C=O) groups is 2. The number of carbonyl (C=O) groups excluding carboxylic acids is 2. The monoisotopic (exact) mass is 580 g/mol. The minimum atomic E-state index is -3.81. The lowest BCUT2D eigenvalue weighted by Crippen LogP contribution is -2.18. The Bertz CT molecular complexity index is 1810. The van der Waals surface area contributed by atoms with Crippen molar-refractivity contribution in [3.63, 3.8) is 0 Å². The number of amides is 2. The minimum absolute atomic E-state index is 0.0199. The highest BCUT2D eigenvalue weighted by Gasteiger charge is 2.33. The van der Waals surface area contributed by atoms with Gasteiger partial charge < -0.3 is 11.1 Å². The zero-order chi connectivity index (χ0) is 28.4. The van der Waals surface area contributed by atoms with Crippen LogP contribution in [0.1, 0.15) is 49.4 Å². The number of halogens is 5. The van der Waals surface area contributed by atoms with E-state index in [0.717, 1.165) is 34.1 Å². The van der Waals surface area contributed by atoms with Crippen molar-refractivity contribution >= 4 is 56.3 Å². The van der Waals surface area contributed by atoms with Gasteiger partial charge in [0, 0.05) is 36.0 Å². The Kier molecular flexibility index (Phi) is 6.30. The molecule has 0 bridgehead atoms. The fraction of sp³-hybridized carbons (Fsp3) is 0.217. The normalized spacial score (nSPS) is 12.1.